The summed E-state index contributed by atoms with van der Waals surface area (Å²) in [6.07, 6.45) is 3.89. The number of hydrogen-bond donors (Lipinski definition) is 1. The van der Waals surface area contributed by atoms with Gasteiger partial charge in [0.05, 0.1) is 4.90 Å². The second-order valence-electron chi connectivity index (χ2n) is 5.67. The molecule has 2 aromatic heterocycles. The molecule has 1 aromatic carbocycles. The van der Waals surface area contributed by atoms with E-state index in [2.05, 4.69) is 10.3 Å². The Morgan fingerprint density at radius 3 is 2.68 bits per heavy atom. The van der Waals surface area contributed by atoms with Gasteiger partial charge in [0.2, 0.25) is 0 Å². The van der Waals surface area contributed by atoms with Crippen LogP contribution in [-0.2, 0) is 9.84 Å². The molecule has 2 heterocycles. The van der Waals surface area contributed by atoms with Crippen molar-refractivity contribution in [3.8, 4) is 0 Å². The highest BCUT2D eigenvalue weighted by Crippen LogP contribution is 2.15. The van der Waals surface area contributed by atoms with Gasteiger partial charge in [-0.15, -0.1) is 0 Å². The molecule has 3 aromatic rings. The lowest BCUT2D eigenvalue weighted by atomic mass is 10.2. The van der Waals surface area contributed by atoms with E-state index in [1.807, 2.05) is 13.0 Å². The number of carbonyl (C=O) groups is 1. The third-order valence-corrected chi connectivity index (χ3v) is 4.72. The Bertz CT molecular complexity index is 1150. The minimum Gasteiger partial charge on any atom is -0.322 e. The van der Waals surface area contributed by atoms with Crippen LogP contribution in [0, 0.1) is 6.92 Å². The van der Waals surface area contributed by atoms with Gasteiger partial charge in [-0.2, -0.15) is 0 Å². The number of aromatic nitrogens is 2. The van der Waals surface area contributed by atoms with Crippen LogP contribution in [0.15, 0.2) is 58.5 Å². The summed E-state index contributed by atoms with van der Waals surface area (Å²) in [4.78, 5) is 29.1. The fraction of sp³-hybridized carbons (Fsp3) is 0.118. The fourth-order valence-corrected chi connectivity index (χ4v) is 3.01. The average molecular weight is 357 g/mol. The number of fused-ring (bicyclic) bond motifs is 1. The lowest BCUT2D eigenvalue weighted by Gasteiger charge is -2.08. The molecule has 7 nitrogen and oxygen atoms in total. The van der Waals surface area contributed by atoms with Crippen LogP contribution in [-0.4, -0.2) is 30.0 Å². The van der Waals surface area contributed by atoms with Gasteiger partial charge < -0.3 is 5.32 Å². The van der Waals surface area contributed by atoms with Crippen molar-refractivity contribution in [2.24, 2.45) is 0 Å². The first-order valence-electron chi connectivity index (χ1n) is 7.35. The number of anilines is 1. The summed E-state index contributed by atoms with van der Waals surface area (Å²) in [6.45, 7) is 1.83. The van der Waals surface area contributed by atoms with Gasteiger partial charge in [-0.1, -0.05) is 12.1 Å². The molecule has 1 amide bonds. The summed E-state index contributed by atoms with van der Waals surface area (Å²) < 4.78 is 24.5. The number of nitrogens with one attached hydrogen (secondary N) is 1. The molecule has 0 unspecified atom stereocenters. The minimum atomic E-state index is -3.40. The maximum Gasteiger partial charge on any atom is 0.270 e. The molecule has 0 radical (unpaired) electrons. The van der Waals surface area contributed by atoms with E-state index in [1.54, 1.807) is 18.3 Å². The van der Waals surface area contributed by atoms with E-state index in [1.165, 1.54) is 28.8 Å². The molecular weight excluding hydrogens is 342 g/mol. The van der Waals surface area contributed by atoms with Gasteiger partial charge in [-0.3, -0.25) is 14.0 Å². The van der Waals surface area contributed by atoms with Crippen molar-refractivity contribution in [2.45, 2.75) is 11.8 Å². The van der Waals surface area contributed by atoms with Gasteiger partial charge in [0.15, 0.2) is 9.84 Å². The standard InChI is InChI=1S/C17H15N3O4S/c1-11-6-7-15-18-9-14(17(22)20(15)10-11)16(21)19-12-4-3-5-13(8-12)25(2,23)24/h3-10H,1-2H3,(H,19,21). The maximum atomic E-state index is 12.5. The molecule has 0 aliphatic heterocycles. The summed E-state index contributed by atoms with van der Waals surface area (Å²) in [5.74, 6) is -0.654. The molecule has 25 heavy (non-hydrogen) atoms. The molecule has 0 spiro atoms. The van der Waals surface area contributed by atoms with E-state index in [0.29, 0.717) is 5.65 Å². The summed E-state index contributed by atoms with van der Waals surface area (Å²) in [6, 6.07) is 9.33. The Hall–Kier alpha value is -3.00. The number of benzene rings is 1. The molecule has 0 fully saturated rings. The smallest absolute Gasteiger partial charge is 0.270 e. The fourth-order valence-electron chi connectivity index (χ4n) is 2.34. The SMILES string of the molecule is Cc1ccc2ncc(C(=O)Nc3cccc(S(C)(=O)=O)c3)c(=O)n2c1. The van der Waals surface area contributed by atoms with Crippen LogP contribution < -0.4 is 10.9 Å². The van der Waals surface area contributed by atoms with Crippen molar-refractivity contribution in [3.63, 3.8) is 0 Å². The summed E-state index contributed by atoms with van der Waals surface area (Å²) >= 11 is 0. The van der Waals surface area contributed by atoms with Crippen LogP contribution >= 0.6 is 0 Å². The van der Waals surface area contributed by atoms with Crippen molar-refractivity contribution in [1.82, 2.24) is 9.38 Å². The quantitative estimate of drug-likeness (QED) is 0.769. The topological polar surface area (TPSA) is 97.6 Å². The zero-order valence-corrected chi connectivity index (χ0v) is 14.4. The van der Waals surface area contributed by atoms with Crippen molar-refractivity contribution in [3.05, 3.63) is 70.3 Å². The van der Waals surface area contributed by atoms with Gasteiger partial charge in [0, 0.05) is 24.3 Å². The lowest BCUT2D eigenvalue weighted by Crippen LogP contribution is -2.26. The molecule has 0 saturated carbocycles. The molecule has 0 aliphatic carbocycles. The van der Waals surface area contributed by atoms with Crippen LogP contribution in [0.5, 0.6) is 0 Å². The van der Waals surface area contributed by atoms with E-state index in [4.69, 9.17) is 0 Å². The number of sulfone groups is 1. The Morgan fingerprint density at radius 2 is 1.96 bits per heavy atom. The van der Waals surface area contributed by atoms with Crippen LogP contribution in [0.4, 0.5) is 5.69 Å². The summed E-state index contributed by atoms with van der Waals surface area (Å²) in [5.41, 5.74) is 0.945. The molecule has 0 atom stereocenters. The minimum absolute atomic E-state index is 0.0780. The summed E-state index contributed by atoms with van der Waals surface area (Å²) in [5, 5.41) is 2.53. The molecule has 3 rings (SSSR count). The first-order chi connectivity index (χ1) is 11.8. The predicted molar refractivity (Wildman–Crippen MR) is 93.7 cm³/mol. The summed E-state index contributed by atoms with van der Waals surface area (Å²) in [7, 11) is -3.40. The van der Waals surface area contributed by atoms with Crippen LogP contribution in [0.3, 0.4) is 0 Å². The first kappa shape index (κ1) is 16.8. The van der Waals surface area contributed by atoms with Crippen LogP contribution in [0.2, 0.25) is 0 Å². The van der Waals surface area contributed by atoms with Gasteiger partial charge in [-0.05, 0) is 36.8 Å². The second kappa shape index (κ2) is 6.14. The maximum absolute atomic E-state index is 12.5. The van der Waals surface area contributed by atoms with Crippen LogP contribution in [0.1, 0.15) is 15.9 Å². The molecule has 128 valence electrons. The average Bonchev–Trinajstić information content (AvgIpc) is 2.55. The van der Waals surface area contributed by atoms with E-state index < -0.39 is 21.3 Å². The molecule has 1 N–H and O–H groups in total. The van der Waals surface area contributed by atoms with Gasteiger partial charge in [0.25, 0.3) is 11.5 Å². The number of nitrogens with zero attached hydrogens (tertiary/aromatic N) is 2. The highest BCUT2D eigenvalue weighted by atomic mass is 32.2. The molecule has 8 heteroatoms. The normalized spacial score (nSPS) is 11.4. The monoisotopic (exact) mass is 357 g/mol. The van der Waals surface area contributed by atoms with Crippen molar-refractivity contribution in [1.29, 1.82) is 0 Å². The molecular formula is C17H15N3O4S. The first-order valence-corrected chi connectivity index (χ1v) is 9.24. The third-order valence-electron chi connectivity index (χ3n) is 3.61. The number of hydrogen-bond acceptors (Lipinski definition) is 5. The van der Waals surface area contributed by atoms with Gasteiger partial charge in [0.1, 0.15) is 11.2 Å². The second-order valence-corrected chi connectivity index (χ2v) is 7.68. The largest absolute Gasteiger partial charge is 0.322 e. The van der Waals surface area contributed by atoms with Crippen LogP contribution in [0.25, 0.3) is 5.65 Å². The lowest BCUT2D eigenvalue weighted by molar-refractivity contribution is 0.102. The van der Waals surface area contributed by atoms with E-state index in [9.17, 15) is 18.0 Å². The van der Waals surface area contributed by atoms with E-state index in [0.717, 1.165) is 11.8 Å². The van der Waals surface area contributed by atoms with Crippen molar-refractivity contribution >= 4 is 27.1 Å². The predicted octanol–water partition coefficient (Wildman–Crippen LogP) is 1.66. The number of rotatable bonds is 3. The van der Waals surface area contributed by atoms with E-state index in [-0.39, 0.29) is 16.1 Å². The van der Waals surface area contributed by atoms with Gasteiger partial charge in [-0.25, -0.2) is 13.4 Å². The Labute approximate surface area is 143 Å². The number of aryl methyl sites for hydroxylation is 1. The van der Waals surface area contributed by atoms with Crippen molar-refractivity contribution < 1.29 is 13.2 Å². The highest BCUT2D eigenvalue weighted by Gasteiger charge is 2.15. The Balaban J connectivity index is 1.98. The molecule has 0 bridgehead atoms. The number of pyridine rings is 1. The van der Waals surface area contributed by atoms with Crippen molar-refractivity contribution in [2.75, 3.05) is 11.6 Å². The number of amides is 1. The van der Waals surface area contributed by atoms with E-state index >= 15 is 0 Å². The molecule has 0 aliphatic rings. The molecule has 0 saturated heterocycles. The number of carbonyl (C=O) groups excluding carboxylic acids is 1. The third kappa shape index (κ3) is 3.43. The zero-order chi connectivity index (χ0) is 18.2. The van der Waals surface area contributed by atoms with Gasteiger partial charge >= 0.3 is 0 Å². The highest BCUT2D eigenvalue weighted by molar-refractivity contribution is 7.90. The Morgan fingerprint density at radius 1 is 1.20 bits per heavy atom. The zero-order valence-electron chi connectivity index (χ0n) is 13.6. The Kier molecular flexibility index (Phi) is 4.13.